The minimum absolute atomic E-state index is 0.115. The van der Waals surface area contributed by atoms with Crippen molar-refractivity contribution in [3.05, 3.63) is 0 Å². The van der Waals surface area contributed by atoms with E-state index in [9.17, 15) is 39.3 Å². The fourth-order valence-electron chi connectivity index (χ4n) is 0.628. The van der Waals surface area contributed by atoms with Gasteiger partial charge < -0.3 is 22.1 Å². The van der Waals surface area contributed by atoms with E-state index in [-0.39, 0.29) is 13.1 Å². The Morgan fingerprint density at radius 3 is 1.70 bits per heavy atom. The highest BCUT2D eigenvalue weighted by atomic mass is 32.2. The number of halogens is 6. The molecule has 6 nitrogen and oxygen atoms in total. The molecule has 14 heteroatoms. The molecule has 0 fully saturated rings. The molecule has 0 saturated heterocycles. The first-order valence-electron chi connectivity index (χ1n) is 4.86. The van der Waals surface area contributed by atoms with Crippen LogP contribution in [-0.4, -0.2) is 49.6 Å². The maximum Gasteiger partial charge on any atom is 0.673 e. The van der Waals surface area contributed by atoms with Crippen molar-refractivity contribution in [2.24, 2.45) is 0 Å². The van der Waals surface area contributed by atoms with E-state index in [2.05, 4.69) is 4.84 Å². The molecule has 0 radical (unpaired) electrons. The first-order valence-corrected chi connectivity index (χ1v) is 6.30. The summed E-state index contributed by atoms with van der Waals surface area (Å²) in [5, 5.41) is -4.13. The van der Waals surface area contributed by atoms with Crippen LogP contribution < -0.4 is 0 Å². The maximum atomic E-state index is 12.6. The van der Waals surface area contributed by atoms with E-state index in [1.54, 1.807) is 0 Å². The van der Waals surface area contributed by atoms with Gasteiger partial charge in [-0.25, -0.2) is 4.79 Å². The summed E-state index contributed by atoms with van der Waals surface area (Å²) in [6.07, 6.45) is 0. The van der Waals surface area contributed by atoms with Crippen LogP contribution in [0.1, 0.15) is 13.8 Å². The summed E-state index contributed by atoms with van der Waals surface area (Å²) >= 11 is 0. The average Bonchev–Trinajstić information content (AvgIpc) is 2.21. The first-order chi connectivity index (χ1) is 8.66. The molecule has 0 aromatic rings. The zero-order chi connectivity index (χ0) is 16.8. The lowest BCUT2D eigenvalue weighted by molar-refractivity contribution is -0.205. The fourth-order valence-corrected chi connectivity index (χ4v) is 0.876. The van der Waals surface area contributed by atoms with Gasteiger partial charge in [0.05, 0.1) is 0 Å². The van der Waals surface area contributed by atoms with Gasteiger partial charge in [-0.3, -0.25) is 4.55 Å². The zero-order valence-electron chi connectivity index (χ0n) is 10.2. The third-order valence-corrected chi connectivity index (χ3v) is 2.29. The summed E-state index contributed by atoms with van der Waals surface area (Å²) in [4.78, 5) is 14.7. The lowest BCUT2D eigenvalue weighted by atomic mass is 10.3. The summed E-state index contributed by atoms with van der Waals surface area (Å²) in [6, 6.07) is 0. The Bertz CT molecular complexity index is 403. The maximum absolute atomic E-state index is 12.6. The Morgan fingerprint density at radius 2 is 1.50 bits per heavy atom. The Balaban J connectivity index is 0. The molecule has 0 spiro atoms. The van der Waals surface area contributed by atoms with E-state index in [1.807, 2.05) is 0 Å². The van der Waals surface area contributed by atoms with Gasteiger partial charge in [0.1, 0.15) is 0 Å². The van der Waals surface area contributed by atoms with Gasteiger partial charge in [-0.2, -0.15) is 17.2 Å². The highest BCUT2D eigenvalue weighted by molar-refractivity contribution is 7.87. The summed E-state index contributed by atoms with van der Waals surface area (Å²) in [5.41, 5.74) is 0. The Labute approximate surface area is 110 Å². The lowest BCUT2D eigenvalue weighted by Gasteiger charge is -2.19. The summed E-state index contributed by atoms with van der Waals surface area (Å²) in [5.74, 6) is -2.33. The van der Waals surface area contributed by atoms with Gasteiger partial charge >= 0.3 is 28.6 Å². The van der Waals surface area contributed by atoms with Crippen LogP contribution in [0.3, 0.4) is 0 Å². The van der Waals surface area contributed by atoms with Crippen LogP contribution in [0.5, 0.6) is 0 Å². The SMILES string of the molecule is CCN(CC)OC(=O)C(F)(F)S(=O)(=O)O.F[B-](F)(F)F. The van der Waals surface area contributed by atoms with E-state index in [1.165, 1.54) is 13.8 Å². The lowest BCUT2D eigenvalue weighted by Crippen LogP contribution is -2.42. The number of rotatable bonds is 5. The fraction of sp³-hybridized carbons (Fsp3) is 0.833. The highest BCUT2D eigenvalue weighted by Crippen LogP contribution is 2.22. The predicted molar refractivity (Wildman–Crippen MR) is 55.7 cm³/mol. The van der Waals surface area contributed by atoms with Crippen molar-refractivity contribution in [2.75, 3.05) is 13.1 Å². The molecule has 0 aliphatic heterocycles. The topological polar surface area (TPSA) is 83.9 Å². The third kappa shape index (κ3) is 8.98. The largest absolute Gasteiger partial charge is 0.673 e. The predicted octanol–water partition coefficient (Wildman–Crippen LogP) is 1.57. The number of nitrogens with zero attached hydrogens (tertiary/aromatic N) is 1. The Kier molecular flexibility index (Phi) is 8.18. The van der Waals surface area contributed by atoms with E-state index >= 15 is 0 Å². The van der Waals surface area contributed by atoms with Crippen molar-refractivity contribution in [1.82, 2.24) is 5.06 Å². The molecule has 0 saturated carbocycles. The molecular formula is C6H11BF6NO5S-. The molecule has 0 unspecified atom stereocenters. The molecule has 0 aromatic heterocycles. The molecule has 122 valence electrons. The van der Waals surface area contributed by atoms with Crippen LogP contribution in [0.2, 0.25) is 0 Å². The molecule has 0 aliphatic rings. The van der Waals surface area contributed by atoms with Crippen LogP contribution >= 0.6 is 0 Å². The number of hydrogen-bond donors (Lipinski definition) is 1. The van der Waals surface area contributed by atoms with Crippen molar-refractivity contribution >= 4 is 23.3 Å². The Hall–Kier alpha value is -1.02. The molecule has 0 aliphatic carbocycles. The van der Waals surface area contributed by atoms with E-state index in [4.69, 9.17) is 4.55 Å². The molecule has 1 N–H and O–H groups in total. The number of hydroxylamine groups is 2. The molecule has 0 aromatic carbocycles. The van der Waals surface area contributed by atoms with Crippen molar-refractivity contribution in [2.45, 2.75) is 19.1 Å². The molecule has 0 atom stereocenters. The van der Waals surface area contributed by atoms with E-state index in [0.717, 1.165) is 5.06 Å². The van der Waals surface area contributed by atoms with E-state index < -0.39 is 28.6 Å². The number of carbonyl (C=O) groups excluding carboxylic acids is 1. The van der Waals surface area contributed by atoms with Gasteiger partial charge in [0.15, 0.2) is 0 Å². The summed E-state index contributed by atoms with van der Waals surface area (Å²) in [6.45, 7) is 3.26. The average molecular weight is 334 g/mol. The second-order valence-corrected chi connectivity index (χ2v) is 4.44. The van der Waals surface area contributed by atoms with Crippen molar-refractivity contribution in [3.63, 3.8) is 0 Å². The number of alkyl halides is 2. The third-order valence-electron chi connectivity index (χ3n) is 1.48. The number of carbonyl (C=O) groups is 1. The zero-order valence-corrected chi connectivity index (χ0v) is 11.0. The Morgan fingerprint density at radius 1 is 1.20 bits per heavy atom. The van der Waals surface area contributed by atoms with Crippen molar-refractivity contribution < 1.29 is 48.6 Å². The quantitative estimate of drug-likeness (QED) is 0.356. The number of hydrogen-bond acceptors (Lipinski definition) is 5. The second-order valence-electron chi connectivity index (χ2n) is 2.98. The molecule has 0 bridgehead atoms. The smallest absolute Gasteiger partial charge is 0.418 e. The summed E-state index contributed by atoms with van der Waals surface area (Å²) in [7, 11) is -11.8. The highest BCUT2D eigenvalue weighted by Gasteiger charge is 2.55. The molecule has 20 heavy (non-hydrogen) atoms. The normalized spacial score (nSPS) is 12.7. The molecular weight excluding hydrogens is 323 g/mol. The van der Waals surface area contributed by atoms with Crippen molar-refractivity contribution in [1.29, 1.82) is 0 Å². The monoisotopic (exact) mass is 334 g/mol. The van der Waals surface area contributed by atoms with Gasteiger partial charge in [-0.05, 0) is 13.8 Å². The van der Waals surface area contributed by atoms with Gasteiger partial charge in [-0.15, -0.1) is 5.06 Å². The van der Waals surface area contributed by atoms with Crippen LogP contribution in [-0.2, 0) is 19.8 Å². The van der Waals surface area contributed by atoms with Crippen molar-refractivity contribution in [3.8, 4) is 0 Å². The van der Waals surface area contributed by atoms with Crippen LogP contribution in [0.25, 0.3) is 0 Å². The second kappa shape index (κ2) is 7.68. The van der Waals surface area contributed by atoms with Gasteiger partial charge in [0, 0.05) is 13.1 Å². The molecule has 0 amide bonds. The molecule has 0 heterocycles. The van der Waals surface area contributed by atoms with Crippen LogP contribution in [0.15, 0.2) is 0 Å². The summed E-state index contributed by atoms with van der Waals surface area (Å²) < 4.78 is 92.6. The minimum Gasteiger partial charge on any atom is -0.418 e. The van der Waals surface area contributed by atoms with E-state index in [0.29, 0.717) is 0 Å². The standard InChI is InChI=1S/C6H11F2NO5S.BF4/c1-3-9(4-2)14-5(10)6(7,8)15(11,12)13;2-1(3,4)5/h3-4H2,1-2H3,(H,11,12,13);/q;-1. The van der Waals surface area contributed by atoms with Gasteiger partial charge in [-0.1, -0.05) is 0 Å². The first kappa shape index (κ1) is 21.3. The van der Waals surface area contributed by atoms with Crippen LogP contribution in [0.4, 0.5) is 26.0 Å². The minimum atomic E-state index is -6.00. The van der Waals surface area contributed by atoms with Gasteiger partial charge in [0.25, 0.3) is 0 Å². The van der Waals surface area contributed by atoms with Crippen LogP contribution in [0, 0.1) is 0 Å². The molecule has 0 rings (SSSR count). The van der Waals surface area contributed by atoms with Gasteiger partial charge in [0.2, 0.25) is 0 Å².